The second kappa shape index (κ2) is 10.8. The minimum absolute atomic E-state index is 0.0173. The highest BCUT2D eigenvalue weighted by atomic mass is 16.1. The average Bonchev–Trinajstić information content (AvgIpc) is 2.91. The largest absolute Gasteiger partial charge is 0.294 e. The molecule has 0 fully saturated rings. The Morgan fingerprint density at radius 3 is 2.26 bits per heavy atom. The Kier molecular flexibility index (Phi) is 7.82. The number of allylic oxidation sites excluding steroid dienone is 7. The van der Waals surface area contributed by atoms with Crippen molar-refractivity contribution in [1.29, 1.82) is 0 Å². The maximum absolute atomic E-state index is 12.9. The van der Waals surface area contributed by atoms with Gasteiger partial charge in [-0.2, -0.15) is 0 Å². The van der Waals surface area contributed by atoms with Crippen molar-refractivity contribution in [3.05, 3.63) is 123 Å². The molecular formula is C42H52O. The van der Waals surface area contributed by atoms with E-state index in [1.807, 2.05) is 30.3 Å². The van der Waals surface area contributed by atoms with Crippen molar-refractivity contribution >= 4 is 11.4 Å². The molecular weight excluding hydrogens is 520 g/mol. The lowest BCUT2D eigenvalue weighted by molar-refractivity contribution is 0.0543. The van der Waals surface area contributed by atoms with Crippen LogP contribution < -0.4 is 0 Å². The summed E-state index contributed by atoms with van der Waals surface area (Å²) in [5, 5.41) is 0. The molecule has 3 atom stereocenters. The Labute approximate surface area is 261 Å². The predicted octanol–water partition coefficient (Wildman–Crippen LogP) is 11.5. The molecule has 3 aliphatic rings. The molecule has 2 aromatic carbocycles. The average molecular weight is 573 g/mol. The fourth-order valence-electron chi connectivity index (χ4n) is 9.67. The number of carbonyl (C=O) groups is 1. The van der Waals surface area contributed by atoms with Crippen molar-refractivity contribution in [2.24, 2.45) is 16.2 Å². The Morgan fingerprint density at radius 2 is 1.65 bits per heavy atom. The first-order chi connectivity index (χ1) is 20.1. The smallest absolute Gasteiger partial charge is 0.162 e. The number of rotatable bonds is 7. The van der Waals surface area contributed by atoms with Gasteiger partial charge in [0.25, 0.3) is 0 Å². The van der Waals surface area contributed by atoms with Gasteiger partial charge in [0, 0.05) is 17.4 Å². The van der Waals surface area contributed by atoms with Crippen molar-refractivity contribution in [2.45, 2.75) is 107 Å². The van der Waals surface area contributed by atoms with Crippen LogP contribution in [0.3, 0.4) is 0 Å². The monoisotopic (exact) mass is 572 g/mol. The molecule has 0 amide bonds. The number of Topliss-reactive ketones (excluding diaryl/α,β-unsaturated/α-hetero) is 1. The number of hydrogen-bond donors (Lipinski definition) is 0. The summed E-state index contributed by atoms with van der Waals surface area (Å²) >= 11 is 0. The van der Waals surface area contributed by atoms with E-state index in [0.29, 0.717) is 12.3 Å². The molecule has 3 aliphatic carbocycles. The van der Waals surface area contributed by atoms with Gasteiger partial charge in [-0.1, -0.05) is 107 Å². The van der Waals surface area contributed by atoms with E-state index in [-0.39, 0.29) is 22.0 Å². The molecule has 226 valence electrons. The summed E-state index contributed by atoms with van der Waals surface area (Å²) in [6.45, 7) is 35.2. The Bertz CT molecular complexity index is 1620. The van der Waals surface area contributed by atoms with Crippen LogP contribution in [0.25, 0.3) is 5.57 Å². The second-order valence-electron chi connectivity index (χ2n) is 15.1. The maximum atomic E-state index is 12.9. The number of aryl methyl sites for hydroxylation is 1. The standard InChI is InChI=1S/C42H52O/c1-25(2)34-21-33(19-16-20-36(43)32-17-14-13-15-18-32)28(6)38-29(7)39-31(9)42(12)30(8)37(26(3)4)27(5)22-41(42,11)24-40(39,10)23-35(34)38/h13-15,17-18,21,25H,3,7-8,16,19-20,22-24H2,1-2,4-6,9-12H3/t40-,41+,42-/m1/s1. The fraction of sp³-hybridized carbons (Fsp3) is 0.452. The number of hydrogen-bond acceptors (Lipinski definition) is 1. The highest BCUT2D eigenvalue weighted by Crippen LogP contribution is 2.70. The highest BCUT2D eigenvalue weighted by Gasteiger charge is 2.59. The highest BCUT2D eigenvalue weighted by molar-refractivity contribution is 5.96. The van der Waals surface area contributed by atoms with Crippen molar-refractivity contribution in [3.8, 4) is 0 Å². The van der Waals surface area contributed by atoms with Crippen LogP contribution in [0.1, 0.15) is 125 Å². The lowest BCUT2D eigenvalue weighted by Crippen LogP contribution is -2.52. The van der Waals surface area contributed by atoms with E-state index < -0.39 is 0 Å². The molecule has 0 heterocycles. The van der Waals surface area contributed by atoms with Crippen LogP contribution in [0.5, 0.6) is 0 Å². The lowest BCUT2D eigenvalue weighted by Gasteiger charge is -2.62. The number of carbonyl (C=O) groups excluding carboxylic acids is 1. The van der Waals surface area contributed by atoms with Gasteiger partial charge in [-0.05, 0) is 127 Å². The first kappa shape index (κ1) is 31.2. The minimum Gasteiger partial charge on any atom is -0.294 e. The molecule has 0 saturated carbocycles. The van der Waals surface area contributed by atoms with Gasteiger partial charge in [0.05, 0.1) is 0 Å². The van der Waals surface area contributed by atoms with Crippen molar-refractivity contribution in [2.75, 3.05) is 0 Å². The van der Waals surface area contributed by atoms with Crippen molar-refractivity contribution in [1.82, 2.24) is 0 Å². The van der Waals surface area contributed by atoms with E-state index in [1.165, 1.54) is 61.3 Å². The minimum atomic E-state index is -0.153. The quantitative estimate of drug-likeness (QED) is 0.302. The zero-order valence-electron chi connectivity index (χ0n) is 28.3. The zero-order chi connectivity index (χ0) is 31.6. The molecule has 43 heavy (non-hydrogen) atoms. The molecule has 0 aromatic heterocycles. The third-order valence-electron chi connectivity index (χ3n) is 11.7. The Balaban J connectivity index is 1.59. The zero-order valence-corrected chi connectivity index (χ0v) is 28.3. The SMILES string of the molecule is C=C(C)C1=C(C)C[C@@]2(C)C[C@@]3(C)Cc4c(C(C)C)cc(CCCC(=O)c5ccccc5)c(C)c4C(=C)C3=C(C)[C@@]2(C)C1=C. The molecule has 0 aliphatic heterocycles. The summed E-state index contributed by atoms with van der Waals surface area (Å²) in [5.41, 5.74) is 17.0. The van der Waals surface area contributed by atoms with Crippen LogP contribution in [-0.4, -0.2) is 5.78 Å². The molecule has 0 bridgehead atoms. The number of ketones is 1. The van der Waals surface area contributed by atoms with Gasteiger partial charge in [0.1, 0.15) is 0 Å². The van der Waals surface area contributed by atoms with Gasteiger partial charge < -0.3 is 0 Å². The third-order valence-corrected chi connectivity index (χ3v) is 11.7. The summed E-state index contributed by atoms with van der Waals surface area (Å²) in [5.74, 6) is 0.648. The van der Waals surface area contributed by atoms with E-state index in [9.17, 15) is 4.79 Å². The third kappa shape index (κ3) is 4.70. The Morgan fingerprint density at radius 1 is 1.00 bits per heavy atom. The normalized spacial score (nSPS) is 26.8. The molecule has 1 heteroatoms. The van der Waals surface area contributed by atoms with Gasteiger partial charge >= 0.3 is 0 Å². The van der Waals surface area contributed by atoms with E-state index in [4.69, 9.17) is 13.2 Å². The van der Waals surface area contributed by atoms with Crippen LogP contribution in [0, 0.1) is 23.2 Å². The molecule has 0 spiro atoms. The predicted molar refractivity (Wildman–Crippen MR) is 185 cm³/mol. The Hall–Kier alpha value is -3.19. The van der Waals surface area contributed by atoms with Crippen molar-refractivity contribution in [3.63, 3.8) is 0 Å². The topological polar surface area (TPSA) is 17.1 Å². The second-order valence-corrected chi connectivity index (χ2v) is 15.1. The van der Waals surface area contributed by atoms with Crippen LogP contribution in [0.4, 0.5) is 0 Å². The van der Waals surface area contributed by atoms with E-state index >= 15 is 0 Å². The van der Waals surface area contributed by atoms with E-state index in [2.05, 4.69) is 75.0 Å². The summed E-state index contributed by atoms with van der Waals surface area (Å²) in [4.78, 5) is 12.9. The molecule has 5 rings (SSSR count). The van der Waals surface area contributed by atoms with Gasteiger partial charge in [0.15, 0.2) is 5.78 Å². The number of fused-ring (bicyclic) bond motifs is 3. The summed E-state index contributed by atoms with van der Waals surface area (Å²) < 4.78 is 0. The van der Waals surface area contributed by atoms with Crippen LogP contribution in [0.15, 0.2) is 89.6 Å². The van der Waals surface area contributed by atoms with Gasteiger partial charge in [0.2, 0.25) is 0 Å². The molecule has 0 N–H and O–H groups in total. The van der Waals surface area contributed by atoms with Gasteiger partial charge in [-0.15, -0.1) is 0 Å². The first-order valence-electron chi connectivity index (χ1n) is 16.3. The van der Waals surface area contributed by atoms with E-state index in [1.54, 1.807) is 0 Å². The van der Waals surface area contributed by atoms with Crippen LogP contribution >= 0.6 is 0 Å². The van der Waals surface area contributed by atoms with Crippen molar-refractivity contribution < 1.29 is 4.79 Å². The molecule has 2 aromatic rings. The molecule has 0 saturated heterocycles. The maximum Gasteiger partial charge on any atom is 0.162 e. The molecule has 1 nitrogen and oxygen atoms in total. The van der Waals surface area contributed by atoms with Gasteiger partial charge in [-0.25, -0.2) is 0 Å². The number of benzene rings is 2. The van der Waals surface area contributed by atoms with Crippen LogP contribution in [-0.2, 0) is 12.8 Å². The summed E-state index contributed by atoms with van der Waals surface area (Å²) in [6.07, 6.45) is 5.55. The fourth-order valence-corrected chi connectivity index (χ4v) is 9.67. The summed E-state index contributed by atoms with van der Waals surface area (Å²) in [6, 6.07) is 12.2. The van der Waals surface area contributed by atoms with Crippen LogP contribution in [0.2, 0.25) is 0 Å². The van der Waals surface area contributed by atoms with Gasteiger partial charge in [-0.3, -0.25) is 4.79 Å². The summed E-state index contributed by atoms with van der Waals surface area (Å²) in [7, 11) is 0. The first-order valence-corrected chi connectivity index (χ1v) is 16.3. The lowest BCUT2D eigenvalue weighted by atomic mass is 9.41. The molecule has 0 radical (unpaired) electrons. The van der Waals surface area contributed by atoms with E-state index in [0.717, 1.165) is 43.2 Å². The molecule has 0 unspecified atom stereocenters.